The number of hydrogen-bond acceptors (Lipinski definition) is 5. The van der Waals surface area contributed by atoms with Crippen LogP contribution in [0.25, 0.3) is 11.4 Å². The first-order valence-corrected chi connectivity index (χ1v) is 6.40. The van der Waals surface area contributed by atoms with E-state index in [9.17, 15) is 5.11 Å². The van der Waals surface area contributed by atoms with Gasteiger partial charge in [0.1, 0.15) is 0 Å². The highest BCUT2D eigenvalue weighted by Crippen LogP contribution is 2.15. The van der Waals surface area contributed by atoms with Crippen LogP contribution in [0.15, 0.2) is 34.9 Å². The molecule has 0 saturated heterocycles. The van der Waals surface area contributed by atoms with Crippen molar-refractivity contribution in [1.29, 1.82) is 0 Å². The molecule has 1 unspecified atom stereocenters. The van der Waals surface area contributed by atoms with Crippen molar-refractivity contribution in [2.75, 3.05) is 13.6 Å². The van der Waals surface area contributed by atoms with Crippen molar-refractivity contribution < 1.29 is 9.63 Å². The van der Waals surface area contributed by atoms with Crippen molar-refractivity contribution >= 4 is 0 Å². The maximum absolute atomic E-state index is 9.24. The van der Waals surface area contributed by atoms with E-state index in [1.807, 2.05) is 37.4 Å². The monoisotopic (exact) mass is 261 g/mol. The highest BCUT2D eigenvalue weighted by Gasteiger charge is 2.10. The largest absolute Gasteiger partial charge is 0.393 e. The Hall–Kier alpha value is -1.72. The van der Waals surface area contributed by atoms with Crippen molar-refractivity contribution in [1.82, 2.24) is 15.0 Å². The van der Waals surface area contributed by atoms with E-state index in [0.717, 1.165) is 18.5 Å². The van der Waals surface area contributed by atoms with Crippen LogP contribution in [-0.4, -0.2) is 39.8 Å². The summed E-state index contributed by atoms with van der Waals surface area (Å²) in [6.07, 6.45) is 0.445. The van der Waals surface area contributed by atoms with Gasteiger partial charge >= 0.3 is 0 Å². The molecular weight excluding hydrogens is 242 g/mol. The Labute approximate surface area is 112 Å². The van der Waals surface area contributed by atoms with E-state index in [4.69, 9.17) is 4.52 Å². The number of aromatic nitrogens is 2. The average molecular weight is 261 g/mol. The quantitative estimate of drug-likeness (QED) is 0.861. The lowest BCUT2D eigenvalue weighted by Gasteiger charge is -2.14. The lowest BCUT2D eigenvalue weighted by Crippen LogP contribution is -2.22. The van der Waals surface area contributed by atoms with Gasteiger partial charge in [0.25, 0.3) is 0 Å². The standard InChI is InChI=1S/C14H19N3O2/c1-11(18)8-9-17(2)10-13-15-14(16-19-13)12-6-4-3-5-7-12/h3-7,11,18H,8-10H2,1-2H3. The average Bonchev–Trinajstić information content (AvgIpc) is 2.86. The van der Waals surface area contributed by atoms with E-state index in [-0.39, 0.29) is 6.10 Å². The van der Waals surface area contributed by atoms with Gasteiger partial charge in [0, 0.05) is 12.1 Å². The molecule has 0 saturated carbocycles. The Kier molecular flexibility index (Phi) is 4.65. The van der Waals surface area contributed by atoms with Gasteiger partial charge in [0.05, 0.1) is 12.6 Å². The van der Waals surface area contributed by atoms with Crippen LogP contribution in [0.4, 0.5) is 0 Å². The highest BCUT2D eigenvalue weighted by molar-refractivity contribution is 5.53. The van der Waals surface area contributed by atoms with Crippen LogP contribution in [0.3, 0.4) is 0 Å². The first kappa shape index (κ1) is 13.7. The molecule has 1 aromatic carbocycles. The second-order valence-electron chi connectivity index (χ2n) is 4.75. The van der Waals surface area contributed by atoms with Gasteiger partial charge in [-0.15, -0.1) is 0 Å². The lowest BCUT2D eigenvalue weighted by atomic mass is 10.2. The van der Waals surface area contributed by atoms with Crippen molar-refractivity contribution in [3.05, 3.63) is 36.2 Å². The fraction of sp³-hybridized carbons (Fsp3) is 0.429. The molecule has 0 aliphatic heterocycles. The summed E-state index contributed by atoms with van der Waals surface area (Å²) >= 11 is 0. The summed E-state index contributed by atoms with van der Waals surface area (Å²) in [7, 11) is 1.97. The Morgan fingerprint density at radius 2 is 2.05 bits per heavy atom. The molecule has 0 amide bonds. The first-order valence-electron chi connectivity index (χ1n) is 6.40. The SMILES string of the molecule is CC(O)CCN(C)Cc1nc(-c2ccccc2)no1. The normalized spacial score (nSPS) is 12.8. The van der Waals surface area contributed by atoms with Gasteiger partial charge in [-0.3, -0.25) is 4.90 Å². The molecule has 1 atom stereocenters. The highest BCUT2D eigenvalue weighted by atomic mass is 16.5. The smallest absolute Gasteiger partial charge is 0.241 e. The van der Waals surface area contributed by atoms with E-state index in [2.05, 4.69) is 15.0 Å². The number of aliphatic hydroxyl groups is 1. The summed E-state index contributed by atoms with van der Waals surface area (Å²) in [6, 6.07) is 9.74. The molecule has 102 valence electrons. The molecule has 0 fully saturated rings. The van der Waals surface area contributed by atoms with E-state index in [1.54, 1.807) is 6.92 Å². The molecule has 5 nitrogen and oxygen atoms in total. The molecule has 0 aliphatic carbocycles. The van der Waals surface area contributed by atoms with Crippen molar-refractivity contribution in [2.45, 2.75) is 26.0 Å². The summed E-state index contributed by atoms with van der Waals surface area (Å²) in [5.74, 6) is 1.20. The lowest BCUT2D eigenvalue weighted by molar-refractivity contribution is 0.158. The van der Waals surface area contributed by atoms with Crippen molar-refractivity contribution in [3.8, 4) is 11.4 Å². The Balaban J connectivity index is 1.94. The van der Waals surface area contributed by atoms with Crippen molar-refractivity contribution in [3.63, 3.8) is 0 Å². The van der Waals surface area contributed by atoms with Gasteiger partial charge in [0.2, 0.25) is 11.7 Å². The number of aliphatic hydroxyl groups excluding tert-OH is 1. The third-order valence-corrected chi connectivity index (χ3v) is 2.83. The Morgan fingerprint density at radius 1 is 1.32 bits per heavy atom. The van der Waals surface area contributed by atoms with Gasteiger partial charge in [-0.2, -0.15) is 4.98 Å². The van der Waals surface area contributed by atoms with E-state index in [0.29, 0.717) is 18.3 Å². The van der Waals surface area contributed by atoms with Crippen LogP contribution in [0, 0.1) is 0 Å². The van der Waals surface area contributed by atoms with Crippen LogP contribution in [0.5, 0.6) is 0 Å². The van der Waals surface area contributed by atoms with Crippen LogP contribution in [-0.2, 0) is 6.54 Å². The third kappa shape index (κ3) is 4.15. The summed E-state index contributed by atoms with van der Waals surface area (Å²) < 4.78 is 5.23. The van der Waals surface area contributed by atoms with Gasteiger partial charge in [-0.05, 0) is 20.4 Å². The first-order chi connectivity index (χ1) is 9.15. The molecular formula is C14H19N3O2. The summed E-state index contributed by atoms with van der Waals surface area (Å²) in [5, 5.41) is 13.2. The molecule has 0 aliphatic rings. The van der Waals surface area contributed by atoms with Crippen LogP contribution >= 0.6 is 0 Å². The van der Waals surface area contributed by atoms with E-state index >= 15 is 0 Å². The second kappa shape index (κ2) is 6.45. The molecule has 1 N–H and O–H groups in total. The number of rotatable bonds is 6. The maximum Gasteiger partial charge on any atom is 0.241 e. The summed E-state index contributed by atoms with van der Waals surface area (Å²) in [4.78, 5) is 6.42. The molecule has 1 aromatic heterocycles. The van der Waals surface area contributed by atoms with Gasteiger partial charge in [-0.1, -0.05) is 35.5 Å². The zero-order chi connectivity index (χ0) is 13.7. The topological polar surface area (TPSA) is 62.4 Å². The fourth-order valence-corrected chi connectivity index (χ4v) is 1.74. The summed E-state index contributed by atoms with van der Waals surface area (Å²) in [6.45, 7) is 3.17. The fourth-order valence-electron chi connectivity index (χ4n) is 1.74. The van der Waals surface area contributed by atoms with E-state index < -0.39 is 0 Å². The number of nitrogens with zero attached hydrogens (tertiary/aromatic N) is 3. The zero-order valence-electron chi connectivity index (χ0n) is 11.3. The molecule has 0 radical (unpaired) electrons. The van der Waals surface area contributed by atoms with Gasteiger partial charge < -0.3 is 9.63 Å². The summed E-state index contributed by atoms with van der Waals surface area (Å²) in [5.41, 5.74) is 0.948. The predicted molar refractivity (Wildman–Crippen MR) is 72.4 cm³/mol. The maximum atomic E-state index is 9.24. The minimum absolute atomic E-state index is 0.287. The Morgan fingerprint density at radius 3 is 2.74 bits per heavy atom. The minimum Gasteiger partial charge on any atom is -0.393 e. The van der Waals surface area contributed by atoms with Gasteiger partial charge in [-0.25, -0.2) is 0 Å². The molecule has 5 heteroatoms. The van der Waals surface area contributed by atoms with Crippen LogP contribution < -0.4 is 0 Å². The molecule has 1 heterocycles. The molecule has 2 aromatic rings. The van der Waals surface area contributed by atoms with Gasteiger partial charge in [0.15, 0.2) is 0 Å². The molecule has 19 heavy (non-hydrogen) atoms. The molecule has 0 bridgehead atoms. The number of benzene rings is 1. The third-order valence-electron chi connectivity index (χ3n) is 2.83. The minimum atomic E-state index is -0.287. The second-order valence-corrected chi connectivity index (χ2v) is 4.75. The van der Waals surface area contributed by atoms with Crippen LogP contribution in [0.2, 0.25) is 0 Å². The Bertz CT molecular complexity index is 496. The number of hydrogen-bond donors (Lipinski definition) is 1. The molecule has 0 spiro atoms. The molecule has 2 rings (SSSR count). The van der Waals surface area contributed by atoms with Crippen molar-refractivity contribution in [2.24, 2.45) is 0 Å². The predicted octanol–water partition coefficient (Wildman–Crippen LogP) is 1.94. The van der Waals surface area contributed by atoms with Crippen LogP contribution in [0.1, 0.15) is 19.2 Å². The zero-order valence-corrected chi connectivity index (χ0v) is 11.3. The van der Waals surface area contributed by atoms with E-state index in [1.165, 1.54) is 0 Å².